The van der Waals surface area contributed by atoms with Crippen LogP contribution in [-0.4, -0.2) is 64.7 Å². The van der Waals surface area contributed by atoms with Gasteiger partial charge in [0.15, 0.2) is 0 Å². The predicted octanol–water partition coefficient (Wildman–Crippen LogP) is 3.62. The van der Waals surface area contributed by atoms with E-state index in [0.29, 0.717) is 31.2 Å². The fourth-order valence-electron chi connectivity index (χ4n) is 2.49. The minimum atomic E-state index is -0.596. The molecule has 33 heavy (non-hydrogen) atoms. The van der Waals surface area contributed by atoms with Crippen LogP contribution in [0.1, 0.15) is 73.3 Å². The SMILES string of the molecule is CCCNc1nc(NC(C)(C)C)ncc1C#CCCCNC(=O)CN(C)C(=O)OC(C)(C)C. The average Bonchev–Trinajstić information content (AvgIpc) is 2.67. The van der Waals surface area contributed by atoms with Crippen LogP contribution in [0.3, 0.4) is 0 Å². The van der Waals surface area contributed by atoms with E-state index < -0.39 is 11.7 Å². The molecule has 0 radical (unpaired) electrons. The van der Waals surface area contributed by atoms with Gasteiger partial charge in [-0.25, -0.2) is 9.78 Å². The topological polar surface area (TPSA) is 108 Å². The van der Waals surface area contributed by atoms with E-state index in [1.807, 2.05) is 0 Å². The zero-order valence-corrected chi connectivity index (χ0v) is 21.4. The Balaban J connectivity index is 2.53. The van der Waals surface area contributed by atoms with Crippen molar-refractivity contribution in [1.82, 2.24) is 20.2 Å². The van der Waals surface area contributed by atoms with E-state index in [-0.39, 0.29) is 18.0 Å². The molecule has 0 aromatic carbocycles. The lowest BCUT2D eigenvalue weighted by Crippen LogP contribution is -2.41. The van der Waals surface area contributed by atoms with Crippen molar-refractivity contribution in [3.63, 3.8) is 0 Å². The zero-order valence-electron chi connectivity index (χ0n) is 21.4. The van der Waals surface area contributed by atoms with Gasteiger partial charge in [0.25, 0.3) is 0 Å². The van der Waals surface area contributed by atoms with E-state index in [2.05, 4.69) is 65.5 Å². The number of rotatable bonds is 9. The molecule has 0 bridgehead atoms. The van der Waals surface area contributed by atoms with Gasteiger partial charge in [-0.15, -0.1) is 0 Å². The summed E-state index contributed by atoms with van der Waals surface area (Å²) in [6.45, 7) is 14.8. The normalized spacial score (nSPS) is 11.2. The maximum Gasteiger partial charge on any atom is 0.410 e. The van der Waals surface area contributed by atoms with E-state index in [9.17, 15) is 9.59 Å². The number of carbonyl (C=O) groups excluding carboxylic acids is 2. The predicted molar refractivity (Wildman–Crippen MR) is 132 cm³/mol. The van der Waals surface area contributed by atoms with Crippen molar-refractivity contribution < 1.29 is 14.3 Å². The van der Waals surface area contributed by atoms with Crippen molar-refractivity contribution in [3.8, 4) is 11.8 Å². The van der Waals surface area contributed by atoms with Gasteiger partial charge in [-0.3, -0.25) is 4.79 Å². The Morgan fingerprint density at radius 3 is 2.45 bits per heavy atom. The van der Waals surface area contributed by atoms with Crippen LogP contribution >= 0.6 is 0 Å². The lowest BCUT2D eigenvalue weighted by molar-refractivity contribution is -0.122. The Kier molecular flexibility index (Phi) is 10.9. The molecule has 1 heterocycles. The molecule has 0 spiro atoms. The number of unbranched alkanes of at least 4 members (excludes halogenated alkanes) is 1. The highest BCUT2D eigenvalue weighted by atomic mass is 16.6. The fourth-order valence-corrected chi connectivity index (χ4v) is 2.49. The second kappa shape index (κ2) is 12.9. The number of hydrogen-bond acceptors (Lipinski definition) is 7. The number of ether oxygens (including phenoxy) is 1. The molecule has 184 valence electrons. The molecule has 0 aliphatic heterocycles. The number of anilines is 2. The lowest BCUT2D eigenvalue weighted by atomic mass is 10.1. The number of carbonyl (C=O) groups is 2. The summed E-state index contributed by atoms with van der Waals surface area (Å²) in [5.74, 6) is 7.28. The van der Waals surface area contributed by atoms with Crippen LogP contribution in [0.4, 0.5) is 16.6 Å². The maximum absolute atomic E-state index is 12.0. The number of nitrogens with one attached hydrogen (secondary N) is 3. The highest BCUT2D eigenvalue weighted by Crippen LogP contribution is 2.16. The van der Waals surface area contributed by atoms with Crippen LogP contribution in [0.25, 0.3) is 0 Å². The lowest BCUT2D eigenvalue weighted by Gasteiger charge is -2.24. The third-order valence-corrected chi connectivity index (χ3v) is 3.93. The largest absolute Gasteiger partial charge is 0.444 e. The van der Waals surface area contributed by atoms with Crippen LogP contribution in [0.15, 0.2) is 6.20 Å². The summed E-state index contributed by atoms with van der Waals surface area (Å²) in [7, 11) is 1.54. The van der Waals surface area contributed by atoms with E-state index >= 15 is 0 Å². The van der Waals surface area contributed by atoms with E-state index in [1.165, 1.54) is 11.9 Å². The molecule has 9 nitrogen and oxygen atoms in total. The minimum absolute atomic E-state index is 0.0562. The van der Waals surface area contributed by atoms with Gasteiger partial charge in [0.05, 0.1) is 11.8 Å². The van der Waals surface area contributed by atoms with Crippen molar-refractivity contribution >= 4 is 23.8 Å². The molecule has 0 aliphatic carbocycles. The minimum Gasteiger partial charge on any atom is -0.444 e. The molecule has 0 saturated heterocycles. The highest BCUT2D eigenvalue weighted by molar-refractivity contribution is 5.82. The summed E-state index contributed by atoms with van der Waals surface area (Å²) >= 11 is 0. The Morgan fingerprint density at radius 2 is 1.85 bits per heavy atom. The number of likely N-dealkylation sites (N-methyl/N-ethyl adjacent to an activating group) is 1. The molecule has 1 aromatic heterocycles. The van der Waals surface area contributed by atoms with Gasteiger partial charge >= 0.3 is 6.09 Å². The average molecular weight is 461 g/mol. The molecular formula is C24H40N6O3. The van der Waals surface area contributed by atoms with E-state index in [0.717, 1.165) is 18.5 Å². The van der Waals surface area contributed by atoms with Gasteiger partial charge in [-0.2, -0.15) is 4.98 Å². The van der Waals surface area contributed by atoms with Crippen molar-refractivity contribution in [3.05, 3.63) is 11.8 Å². The smallest absolute Gasteiger partial charge is 0.410 e. The molecule has 2 amide bonds. The number of hydrogen-bond donors (Lipinski definition) is 3. The third kappa shape index (κ3) is 12.6. The maximum atomic E-state index is 12.0. The van der Waals surface area contributed by atoms with Crippen LogP contribution < -0.4 is 16.0 Å². The molecule has 1 aromatic rings. The van der Waals surface area contributed by atoms with Gasteiger partial charge in [0.1, 0.15) is 18.0 Å². The van der Waals surface area contributed by atoms with Gasteiger partial charge < -0.3 is 25.6 Å². The van der Waals surface area contributed by atoms with Gasteiger partial charge in [0, 0.05) is 32.1 Å². The first kappa shape index (κ1) is 28.0. The summed E-state index contributed by atoms with van der Waals surface area (Å²) in [6.07, 6.45) is 3.47. The Labute approximate surface area is 198 Å². The summed E-state index contributed by atoms with van der Waals surface area (Å²) in [4.78, 5) is 34.1. The zero-order chi connectivity index (χ0) is 25.1. The summed E-state index contributed by atoms with van der Waals surface area (Å²) in [5.41, 5.74) is 0.00772. The molecule has 0 fully saturated rings. The first-order valence-corrected chi connectivity index (χ1v) is 11.4. The first-order chi connectivity index (χ1) is 15.3. The standard InChI is InChI=1S/C24H40N6O3/c1-9-14-26-20-18(16-27-21(28-20)29-23(2,3)4)13-11-10-12-15-25-19(31)17-30(8)22(32)33-24(5,6)7/h16H,9-10,12,14-15,17H2,1-8H3,(H,25,31)(H2,26,27,28,29). The Hall–Kier alpha value is -3.02. The number of amides is 2. The Morgan fingerprint density at radius 1 is 1.15 bits per heavy atom. The molecule has 3 N–H and O–H groups in total. The van der Waals surface area contributed by atoms with Crippen LogP contribution in [0.2, 0.25) is 0 Å². The van der Waals surface area contributed by atoms with Crippen LogP contribution in [-0.2, 0) is 9.53 Å². The number of aromatic nitrogens is 2. The molecule has 0 atom stereocenters. The van der Waals surface area contributed by atoms with Crippen molar-refractivity contribution in [2.24, 2.45) is 0 Å². The van der Waals surface area contributed by atoms with Gasteiger partial charge in [-0.05, 0) is 54.4 Å². The fraction of sp³-hybridized carbons (Fsp3) is 0.667. The van der Waals surface area contributed by atoms with Crippen molar-refractivity contribution in [2.45, 2.75) is 78.9 Å². The molecule has 9 heteroatoms. The quantitative estimate of drug-likeness (QED) is 0.381. The monoisotopic (exact) mass is 460 g/mol. The second-order valence-corrected chi connectivity index (χ2v) is 9.85. The van der Waals surface area contributed by atoms with Crippen molar-refractivity contribution in [1.29, 1.82) is 0 Å². The molecule has 0 aliphatic rings. The van der Waals surface area contributed by atoms with E-state index in [4.69, 9.17) is 4.74 Å². The molecule has 0 unspecified atom stereocenters. The second-order valence-electron chi connectivity index (χ2n) is 9.85. The molecular weight excluding hydrogens is 420 g/mol. The van der Waals surface area contributed by atoms with Gasteiger partial charge in [-0.1, -0.05) is 18.8 Å². The summed E-state index contributed by atoms with van der Waals surface area (Å²) in [5, 5.41) is 9.37. The number of nitrogens with zero attached hydrogens (tertiary/aromatic N) is 3. The van der Waals surface area contributed by atoms with Crippen molar-refractivity contribution in [2.75, 3.05) is 37.3 Å². The summed E-state index contributed by atoms with van der Waals surface area (Å²) in [6, 6.07) is 0. The first-order valence-electron chi connectivity index (χ1n) is 11.4. The van der Waals surface area contributed by atoms with Gasteiger partial charge in [0.2, 0.25) is 11.9 Å². The molecule has 1 rings (SSSR count). The Bertz CT molecular complexity index is 846. The van der Waals surface area contributed by atoms with E-state index in [1.54, 1.807) is 27.0 Å². The highest BCUT2D eigenvalue weighted by Gasteiger charge is 2.20. The van der Waals surface area contributed by atoms with Crippen LogP contribution in [0, 0.1) is 11.8 Å². The van der Waals surface area contributed by atoms with Crippen LogP contribution in [0.5, 0.6) is 0 Å². The molecule has 0 saturated carbocycles. The summed E-state index contributed by atoms with van der Waals surface area (Å²) < 4.78 is 5.23. The third-order valence-electron chi connectivity index (χ3n) is 3.93.